The first-order chi connectivity index (χ1) is 9.49. The molecule has 20 heavy (non-hydrogen) atoms. The number of thiophene rings is 1. The fraction of sp³-hybridized carbons (Fsp3) is 0.143. The van der Waals surface area contributed by atoms with Crippen LogP contribution in [-0.2, 0) is 0 Å². The highest BCUT2D eigenvalue weighted by Gasteiger charge is 2.12. The van der Waals surface area contributed by atoms with Crippen LogP contribution in [0.2, 0.25) is 0 Å². The lowest BCUT2D eigenvalue weighted by Crippen LogP contribution is -2.21. The Kier molecular flexibility index (Phi) is 4.05. The van der Waals surface area contributed by atoms with Gasteiger partial charge in [-0.05, 0) is 35.7 Å². The molecule has 0 aliphatic rings. The minimum Gasteiger partial charge on any atom is -0.397 e. The zero-order valence-electron chi connectivity index (χ0n) is 11.2. The summed E-state index contributed by atoms with van der Waals surface area (Å²) >= 11 is 1.29. The van der Waals surface area contributed by atoms with Crippen LogP contribution in [0.5, 0.6) is 0 Å². The second-order valence-corrected chi connectivity index (χ2v) is 5.35. The molecule has 2 aromatic rings. The molecule has 0 aliphatic heterocycles. The highest BCUT2D eigenvalue weighted by Crippen LogP contribution is 2.20. The fourth-order valence-corrected chi connectivity index (χ4v) is 2.36. The third-order valence-corrected chi connectivity index (χ3v) is 3.63. The molecule has 0 atom stereocenters. The molecule has 0 fully saturated rings. The lowest BCUT2D eigenvalue weighted by atomic mass is 10.2. The van der Waals surface area contributed by atoms with Crippen LogP contribution in [0.4, 0.5) is 11.4 Å². The number of carbonyl (C=O) groups is 2. The molecular formula is C14H15N3O2S. The van der Waals surface area contributed by atoms with E-state index in [1.165, 1.54) is 16.2 Å². The molecule has 0 spiro atoms. The molecule has 0 saturated heterocycles. The summed E-state index contributed by atoms with van der Waals surface area (Å²) in [4.78, 5) is 25.7. The summed E-state index contributed by atoms with van der Waals surface area (Å²) < 4.78 is 0. The molecule has 0 bridgehead atoms. The van der Waals surface area contributed by atoms with Crippen LogP contribution in [0.25, 0.3) is 0 Å². The number of hydrogen-bond donors (Lipinski definition) is 2. The fourth-order valence-electron chi connectivity index (χ4n) is 1.65. The first kappa shape index (κ1) is 14.1. The van der Waals surface area contributed by atoms with Crippen molar-refractivity contribution in [1.29, 1.82) is 0 Å². The number of nitrogens with two attached hydrogens (primary N) is 1. The molecule has 5 nitrogen and oxygen atoms in total. The van der Waals surface area contributed by atoms with Crippen LogP contribution in [0.3, 0.4) is 0 Å². The van der Waals surface area contributed by atoms with Gasteiger partial charge in [0.05, 0.1) is 5.69 Å². The summed E-state index contributed by atoms with van der Waals surface area (Å²) in [6.07, 6.45) is 0. The van der Waals surface area contributed by atoms with Crippen molar-refractivity contribution in [2.24, 2.45) is 0 Å². The molecule has 0 aliphatic carbocycles. The number of nitrogens with one attached hydrogen (secondary N) is 1. The minimum absolute atomic E-state index is 0.0784. The number of nitrogens with zero attached hydrogens (tertiary/aromatic N) is 1. The summed E-state index contributed by atoms with van der Waals surface area (Å²) in [6, 6.07) is 8.43. The molecule has 1 heterocycles. The van der Waals surface area contributed by atoms with E-state index in [2.05, 4.69) is 5.32 Å². The van der Waals surface area contributed by atoms with E-state index in [0.717, 1.165) is 0 Å². The van der Waals surface area contributed by atoms with Crippen molar-refractivity contribution in [1.82, 2.24) is 4.90 Å². The average Bonchev–Trinajstić information content (AvgIpc) is 2.85. The summed E-state index contributed by atoms with van der Waals surface area (Å²) in [7, 11) is 3.38. The number of amides is 2. The Morgan fingerprint density at radius 1 is 1.15 bits per heavy atom. The third kappa shape index (κ3) is 2.97. The Labute approximate surface area is 121 Å². The second kappa shape index (κ2) is 5.75. The van der Waals surface area contributed by atoms with Gasteiger partial charge in [-0.3, -0.25) is 9.59 Å². The maximum atomic E-state index is 12.0. The highest BCUT2D eigenvalue weighted by molar-refractivity contribution is 7.12. The van der Waals surface area contributed by atoms with E-state index in [9.17, 15) is 9.59 Å². The summed E-state index contributed by atoms with van der Waals surface area (Å²) in [5.74, 6) is -0.324. The van der Waals surface area contributed by atoms with E-state index in [-0.39, 0.29) is 11.8 Å². The van der Waals surface area contributed by atoms with Crippen molar-refractivity contribution in [2.75, 3.05) is 25.1 Å². The molecule has 2 amide bonds. The van der Waals surface area contributed by atoms with Crippen molar-refractivity contribution >= 4 is 34.5 Å². The van der Waals surface area contributed by atoms with Crippen molar-refractivity contribution in [2.45, 2.75) is 0 Å². The molecular weight excluding hydrogens is 274 g/mol. The SMILES string of the molecule is CN(C)C(=O)c1ccc(NC(=O)c2sccc2N)cc1. The Bertz CT molecular complexity index is 632. The van der Waals surface area contributed by atoms with Gasteiger partial charge in [-0.15, -0.1) is 11.3 Å². The summed E-state index contributed by atoms with van der Waals surface area (Å²) in [5, 5.41) is 4.51. The number of hydrogen-bond acceptors (Lipinski definition) is 4. The maximum absolute atomic E-state index is 12.0. The first-order valence-corrected chi connectivity index (χ1v) is 6.83. The van der Waals surface area contributed by atoms with Gasteiger partial charge in [0.1, 0.15) is 4.88 Å². The maximum Gasteiger partial charge on any atom is 0.267 e. The van der Waals surface area contributed by atoms with E-state index < -0.39 is 0 Å². The number of carbonyl (C=O) groups excluding carboxylic acids is 2. The number of rotatable bonds is 3. The standard InChI is InChI=1S/C14H15N3O2S/c1-17(2)14(19)9-3-5-10(6-4-9)16-13(18)12-11(15)7-8-20-12/h3-8H,15H2,1-2H3,(H,16,18). The van der Waals surface area contributed by atoms with E-state index in [1.54, 1.807) is 49.8 Å². The van der Waals surface area contributed by atoms with Crippen molar-refractivity contribution < 1.29 is 9.59 Å². The van der Waals surface area contributed by atoms with Gasteiger partial charge in [0, 0.05) is 25.3 Å². The molecule has 6 heteroatoms. The Hall–Kier alpha value is -2.34. The van der Waals surface area contributed by atoms with Crippen LogP contribution in [0.15, 0.2) is 35.7 Å². The zero-order valence-corrected chi connectivity index (χ0v) is 12.0. The van der Waals surface area contributed by atoms with Gasteiger partial charge in [-0.1, -0.05) is 0 Å². The molecule has 0 unspecified atom stereocenters. The van der Waals surface area contributed by atoms with Crippen LogP contribution in [0, 0.1) is 0 Å². The molecule has 1 aromatic carbocycles. The largest absolute Gasteiger partial charge is 0.397 e. The number of benzene rings is 1. The number of nitrogen functional groups attached to an aromatic ring is 1. The first-order valence-electron chi connectivity index (χ1n) is 5.95. The van der Waals surface area contributed by atoms with Gasteiger partial charge in [-0.25, -0.2) is 0 Å². The summed E-state index contributed by atoms with van der Waals surface area (Å²) in [5.41, 5.74) is 7.35. The smallest absolute Gasteiger partial charge is 0.267 e. The average molecular weight is 289 g/mol. The van der Waals surface area contributed by atoms with Gasteiger partial charge >= 0.3 is 0 Å². The van der Waals surface area contributed by atoms with Crippen molar-refractivity contribution in [3.63, 3.8) is 0 Å². The topological polar surface area (TPSA) is 75.4 Å². The molecule has 0 saturated carbocycles. The van der Waals surface area contributed by atoms with E-state index in [4.69, 9.17) is 5.73 Å². The predicted molar refractivity (Wildman–Crippen MR) is 81.1 cm³/mol. The zero-order chi connectivity index (χ0) is 14.7. The Morgan fingerprint density at radius 3 is 2.30 bits per heavy atom. The van der Waals surface area contributed by atoms with E-state index in [0.29, 0.717) is 21.8 Å². The molecule has 2 rings (SSSR count). The van der Waals surface area contributed by atoms with E-state index in [1.807, 2.05) is 0 Å². The number of anilines is 2. The van der Waals surface area contributed by atoms with Crippen LogP contribution in [0.1, 0.15) is 20.0 Å². The summed E-state index contributed by atoms with van der Waals surface area (Å²) in [6.45, 7) is 0. The lowest BCUT2D eigenvalue weighted by Gasteiger charge is -2.10. The van der Waals surface area contributed by atoms with Gasteiger partial charge in [0.25, 0.3) is 11.8 Å². The minimum atomic E-state index is -0.246. The monoisotopic (exact) mass is 289 g/mol. The quantitative estimate of drug-likeness (QED) is 0.910. The van der Waals surface area contributed by atoms with Crippen molar-refractivity contribution in [3.05, 3.63) is 46.2 Å². The van der Waals surface area contributed by atoms with Gasteiger partial charge < -0.3 is 16.0 Å². The molecule has 104 valence electrons. The van der Waals surface area contributed by atoms with Crippen LogP contribution in [-0.4, -0.2) is 30.8 Å². The predicted octanol–water partition coefficient (Wildman–Crippen LogP) is 2.28. The lowest BCUT2D eigenvalue weighted by molar-refractivity contribution is 0.0827. The highest BCUT2D eigenvalue weighted by atomic mass is 32.1. The van der Waals surface area contributed by atoms with Crippen LogP contribution >= 0.6 is 11.3 Å². The van der Waals surface area contributed by atoms with Gasteiger partial charge in [0.15, 0.2) is 0 Å². The molecule has 1 aromatic heterocycles. The Morgan fingerprint density at radius 2 is 1.80 bits per heavy atom. The van der Waals surface area contributed by atoms with Crippen LogP contribution < -0.4 is 11.1 Å². The normalized spacial score (nSPS) is 10.1. The second-order valence-electron chi connectivity index (χ2n) is 4.44. The third-order valence-electron chi connectivity index (χ3n) is 2.70. The molecule has 3 N–H and O–H groups in total. The Balaban J connectivity index is 2.10. The van der Waals surface area contributed by atoms with Gasteiger partial charge in [0.2, 0.25) is 0 Å². The van der Waals surface area contributed by atoms with Gasteiger partial charge in [-0.2, -0.15) is 0 Å². The molecule has 0 radical (unpaired) electrons. The van der Waals surface area contributed by atoms with Crippen molar-refractivity contribution in [3.8, 4) is 0 Å². The van der Waals surface area contributed by atoms with E-state index >= 15 is 0 Å².